The van der Waals surface area contributed by atoms with E-state index in [9.17, 15) is 4.79 Å². The molecule has 32 heavy (non-hydrogen) atoms. The topological polar surface area (TPSA) is 75.5 Å². The number of rotatable bonds is 8. The standard InChI is InChI=1S/C22H24Cl2N6O2/c23-17-1-4-19(5-2-17)32-12-11-28-7-9-29(10-8-28)14-22(31)27-20-13-18(24)3-6-21(20)30-16-25-15-26-30/h1-6,13,15-16H,7-12,14H2,(H,27,31). The largest absolute Gasteiger partial charge is 0.492 e. The minimum Gasteiger partial charge on any atom is -0.492 e. The van der Waals surface area contributed by atoms with Gasteiger partial charge in [-0.15, -0.1) is 0 Å². The van der Waals surface area contributed by atoms with Crippen LogP contribution in [-0.2, 0) is 4.79 Å². The van der Waals surface area contributed by atoms with Crippen molar-refractivity contribution in [2.45, 2.75) is 0 Å². The van der Waals surface area contributed by atoms with Crippen molar-refractivity contribution < 1.29 is 9.53 Å². The minimum absolute atomic E-state index is 0.0897. The fourth-order valence-electron chi connectivity index (χ4n) is 3.53. The van der Waals surface area contributed by atoms with E-state index >= 15 is 0 Å². The predicted octanol–water partition coefficient (Wildman–Crippen LogP) is 3.21. The van der Waals surface area contributed by atoms with E-state index in [4.69, 9.17) is 27.9 Å². The number of halogens is 2. The Kier molecular flexibility index (Phi) is 7.59. The van der Waals surface area contributed by atoms with Crippen LogP contribution in [0.5, 0.6) is 5.75 Å². The highest BCUT2D eigenvalue weighted by Crippen LogP contribution is 2.24. The molecule has 0 unspecified atom stereocenters. The summed E-state index contributed by atoms with van der Waals surface area (Å²) in [6, 6.07) is 12.6. The molecule has 10 heteroatoms. The molecule has 1 N–H and O–H groups in total. The van der Waals surface area contributed by atoms with Crippen LogP contribution in [0.3, 0.4) is 0 Å². The number of nitrogens with one attached hydrogen (secondary N) is 1. The highest BCUT2D eigenvalue weighted by molar-refractivity contribution is 6.31. The van der Waals surface area contributed by atoms with Crippen LogP contribution >= 0.6 is 23.2 Å². The van der Waals surface area contributed by atoms with Gasteiger partial charge in [-0.25, -0.2) is 9.67 Å². The summed E-state index contributed by atoms with van der Waals surface area (Å²) in [7, 11) is 0. The molecular weight excluding hydrogens is 451 g/mol. The van der Waals surface area contributed by atoms with Gasteiger partial charge in [-0.2, -0.15) is 5.10 Å². The van der Waals surface area contributed by atoms with Crippen LogP contribution in [0.2, 0.25) is 10.0 Å². The lowest BCUT2D eigenvalue weighted by atomic mass is 10.2. The molecule has 0 aliphatic carbocycles. The van der Waals surface area contributed by atoms with Crippen molar-refractivity contribution in [3.63, 3.8) is 0 Å². The number of ether oxygens (including phenoxy) is 1. The highest BCUT2D eigenvalue weighted by atomic mass is 35.5. The molecule has 1 aromatic heterocycles. The molecule has 1 amide bonds. The number of aromatic nitrogens is 3. The Labute approximate surface area is 196 Å². The van der Waals surface area contributed by atoms with Gasteiger partial charge in [0.2, 0.25) is 5.91 Å². The first-order valence-corrected chi connectivity index (χ1v) is 11.1. The van der Waals surface area contributed by atoms with Crippen LogP contribution in [0.15, 0.2) is 55.1 Å². The molecule has 2 aromatic carbocycles. The van der Waals surface area contributed by atoms with E-state index in [2.05, 4.69) is 25.2 Å². The van der Waals surface area contributed by atoms with Crippen molar-refractivity contribution in [2.75, 3.05) is 51.2 Å². The van der Waals surface area contributed by atoms with E-state index in [1.165, 1.54) is 6.33 Å². The van der Waals surface area contributed by atoms with Gasteiger partial charge in [-0.3, -0.25) is 14.6 Å². The second-order valence-electron chi connectivity index (χ2n) is 7.47. The zero-order valence-electron chi connectivity index (χ0n) is 17.5. The van der Waals surface area contributed by atoms with E-state index in [0.29, 0.717) is 34.6 Å². The number of anilines is 1. The van der Waals surface area contributed by atoms with Gasteiger partial charge in [-0.05, 0) is 42.5 Å². The first-order valence-electron chi connectivity index (χ1n) is 10.3. The number of benzene rings is 2. The molecule has 4 rings (SSSR count). The third kappa shape index (κ3) is 6.20. The van der Waals surface area contributed by atoms with Gasteiger partial charge in [0, 0.05) is 42.8 Å². The molecule has 3 aromatic rings. The molecule has 0 spiro atoms. The zero-order valence-corrected chi connectivity index (χ0v) is 19.0. The third-order valence-corrected chi connectivity index (χ3v) is 5.71. The number of hydrogen-bond donors (Lipinski definition) is 1. The van der Waals surface area contributed by atoms with Gasteiger partial charge in [0.1, 0.15) is 25.0 Å². The van der Waals surface area contributed by atoms with Gasteiger partial charge < -0.3 is 10.1 Å². The Bertz CT molecular complexity index is 1020. The molecule has 1 aliphatic heterocycles. The Hall–Kier alpha value is -2.65. The number of amides is 1. The average molecular weight is 475 g/mol. The maximum Gasteiger partial charge on any atom is 0.238 e. The van der Waals surface area contributed by atoms with Crippen LogP contribution in [0.1, 0.15) is 0 Å². The number of nitrogens with zero attached hydrogens (tertiary/aromatic N) is 5. The van der Waals surface area contributed by atoms with Gasteiger partial charge >= 0.3 is 0 Å². The summed E-state index contributed by atoms with van der Waals surface area (Å²) in [4.78, 5) is 21.1. The molecule has 0 saturated carbocycles. The lowest BCUT2D eigenvalue weighted by Gasteiger charge is -2.34. The Balaban J connectivity index is 1.22. The second-order valence-corrected chi connectivity index (χ2v) is 8.34. The highest BCUT2D eigenvalue weighted by Gasteiger charge is 2.19. The Morgan fingerprint density at radius 3 is 2.44 bits per heavy atom. The van der Waals surface area contributed by atoms with Crippen molar-refractivity contribution in [3.05, 3.63) is 65.2 Å². The van der Waals surface area contributed by atoms with E-state index in [1.807, 2.05) is 24.3 Å². The summed E-state index contributed by atoms with van der Waals surface area (Å²) in [6.07, 6.45) is 3.02. The van der Waals surface area contributed by atoms with Gasteiger partial charge in [-0.1, -0.05) is 23.2 Å². The van der Waals surface area contributed by atoms with Gasteiger partial charge in [0.25, 0.3) is 0 Å². The number of piperazine rings is 1. The maximum atomic E-state index is 12.7. The number of carbonyl (C=O) groups is 1. The molecule has 0 bridgehead atoms. The summed E-state index contributed by atoms with van der Waals surface area (Å²) < 4.78 is 7.37. The lowest BCUT2D eigenvalue weighted by molar-refractivity contribution is -0.117. The molecule has 0 radical (unpaired) electrons. The number of hydrogen-bond acceptors (Lipinski definition) is 6. The normalized spacial score (nSPS) is 14.9. The van der Waals surface area contributed by atoms with Crippen LogP contribution in [-0.4, -0.2) is 76.3 Å². The SMILES string of the molecule is O=C(CN1CCN(CCOc2ccc(Cl)cc2)CC1)Nc1cc(Cl)ccc1-n1cncn1. The van der Waals surface area contributed by atoms with Crippen molar-refractivity contribution >= 4 is 34.8 Å². The van der Waals surface area contributed by atoms with Crippen LogP contribution in [0.25, 0.3) is 5.69 Å². The fraction of sp³-hybridized carbons (Fsp3) is 0.318. The van der Waals surface area contributed by atoms with Crippen molar-refractivity contribution in [1.29, 1.82) is 0 Å². The molecule has 8 nitrogen and oxygen atoms in total. The molecule has 1 fully saturated rings. The van der Waals surface area contributed by atoms with Crippen molar-refractivity contribution in [1.82, 2.24) is 24.6 Å². The monoisotopic (exact) mass is 474 g/mol. The number of carbonyl (C=O) groups excluding carboxylic acids is 1. The predicted molar refractivity (Wildman–Crippen MR) is 125 cm³/mol. The third-order valence-electron chi connectivity index (χ3n) is 5.22. The second kappa shape index (κ2) is 10.8. The fourth-order valence-corrected chi connectivity index (χ4v) is 3.83. The van der Waals surface area contributed by atoms with E-state index < -0.39 is 0 Å². The lowest BCUT2D eigenvalue weighted by Crippen LogP contribution is -2.49. The maximum absolute atomic E-state index is 12.7. The first-order chi connectivity index (χ1) is 15.6. The first kappa shape index (κ1) is 22.5. The molecule has 1 saturated heterocycles. The van der Waals surface area contributed by atoms with Crippen LogP contribution in [0.4, 0.5) is 5.69 Å². The van der Waals surface area contributed by atoms with Gasteiger partial charge in [0.15, 0.2) is 0 Å². The molecule has 2 heterocycles. The summed E-state index contributed by atoms with van der Waals surface area (Å²) in [6.45, 7) is 5.18. The van der Waals surface area contributed by atoms with E-state index in [0.717, 1.165) is 38.5 Å². The molecule has 168 valence electrons. The van der Waals surface area contributed by atoms with Crippen molar-refractivity contribution in [2.24, 2.45) is 0 Å². The van der Waals surface area contributed by atoms with Crippen molar-refractivity contribution in [3.8, 4) is 11.4 Å². The smallest absolute Gasteiger partial charge is 0.238 e. The molecule has 1 aliphatic rings. The zero-order chi connectivity index (χ0) is 22.3. The summed E-state index contributed by atoms with van der Waals surface area (Å²) in [5, 5.41) is 8.33. The minimum atomic E-state index is -0.0897. The summed E-state index contributed by atoms with van der Waals surface area (Å²) in [5.74, 6) is 0.726. The van der Waals surface area contributed by atoms with E-state index in [1.54, 1.807) is 29.2 Å². The quantitative estimate of drug-likeness (QED) is 0.540. The van der Waals surface area contributed by atoms with Crippen LogP contribution in [0, 0.1) is 0 Å². The molecular formula is C22H24Cl2N6O2. The summed E-state index contributed by atoms with van der Waals surface area (Å²) >= 11 is 12.0. The summed E-state index contributed by atoms with van der Waals surface area (Å²) in [5.41, 5.74) is 1.32. The Morgan fingerprint density at radius 1 is 1.00 bits per heavy atom. The van der Waals surface area contributed by atoms with Crippen LogP contribution < -0.4 is 10.1 Å². The van der Waals surface area contributed by atoms with E-state index in [-0.39, 0.29) is 5.91 Å². The average Bonchev–Trinajstić information content (AvgIpc) is 3.31. The molecule has 0 atom stereocenters. The Morgan fingerprint density at radius 2 is 1.72 bits per heavy atom. The van der Waals surface area contributed by atoms with Gasteiger partial charge in [0.05, 0.1) is 17.9 Å².